The van der Waals surface area contributed by atoms with Crippen LogP contribution in [0.1, 0.15) is 24.3 Å². The van der Waals surface area contributed by atoms with Crippen molar-refractivity contribution in [2.45, 2.75) is 31.3 Å². The second-order valence-electron chi connectivity index (χ2n) is 10.6. The van der Waals surface area contributed by atoms with Gasteiger partial charge in [-0.15, -0.1) is 5.10 Å². The van der Waals surface area contributed by atoms with Crippen LogP contribution in [0.25, 0.3) is 27.6 Å². The smallest absolute Gasteiger partial charge is 0.309 e. The fourth-order valence-corrected chi connectivity index (χ4v) is 6.63. The number of thiazole rings is 1. The number of hydrogen-bond donors (Lipinski definition) is 2. The molecule has 3 N–H and O–H groups in total. The number of anilines is 1. The molecule has 1 aromatic carbocycles. The minimum absolute atomic E-state index is 0.116. The lowest BCUT2D eigenvalue weighted by atomic mass is 9.89. The van der Waals surface area contributed by atoms with E-state index in [9.17, 15) is 4.79 Å². The molecular weight excluding hydrogens is 563 g/mol. The van der Waals surface area contributed by atoms with Crippen molar-refractivity contribution in [2.75, 3.05) is 51.7 Å². The number of benzene rings is 1. The number of furan rings is 1. The molecule has 6 heterocycles. The molecule has 1 unspecified atom stereocenters. The van der Waals surface area contributed by atoms with E-state index in [1.54, 1.807) is 23.0 Å². The van der Waals surface area contributed by atoms with Gasteiger partial charge in [-0.05, 0) is 55.6 Å². The second kappa shape index (κ2) is 11.4. The Morgan fingerprint density at radius 2 is 2.05 bits per heavy atom. The molecule has 0 spiro atoms. The lowest BCUT2D eigenvalue weighted by molar-refractivity contribution is 0.0592. The minimum Gasteiger partial charge on any atom is -0.492 e. The predicted molar refractivity (Wildman–Crippen MR) is 155 cm³/mol. The first-order valence-electron chi connectivity index (χ1n) is 14.1. The van der Waals surface area contributed by atoms with Crippen molar-refractivity contribution in [2.24, 2.45) is 0 Å². The van der Waals surface area contributed by atoms with Crippen molar-refractivity contribution < 1.29 is 18.3 Å². The zero-order chi connectivity index (χ0) is 28.6. The summed E-state index contributed by atoms with van der Waals surface area (Å²) in [6.07, 6.45) is 3.21. The van der Waals surface area contributed by atoms with Crippen molar-refractivity contribution in [1.29, 1.82) is 0 Å². The molecule has 2 aliphatic rings. The van der Waals surface area contributed by atoms with Gasteiger partial charge >= 0.3 is 4.87 Å². The zero-order valence-electron chi connectivity index (χ0n) is 22.9. The number of likely N-dealkylation sites (tertiary alicyclic amines) is 1. The maximum Gasteiger partial charge on any atom is 0.309 e. The van der Waals surface area contributed by atoms with E-state index in [4.69, 9.17) is 19.6 Å². The van der Waals surface area contributed by atoms with Gasteiger partial charge in [0.1, 0.15) is 22.9 Å². The van der Waals surface area contributed by atoms with Crippen LogP contribution in [-0.4, -0.2) is 81.1 Å². The standard InChI is InChI=1S/C28H31FN8O4S/c29-21-14-19(41-16-18-15-39-13-7-31-18)3-4-20(21)17-5-8-35(9-6-17)10-11-36-25-23(42-28(36)38)26-32-24(22-2-1-12-40-22)34-37(26)27(30)33-25/h1-4,12,14,17-18,31H,5-11,13,15-16H2,(H2,30,33). The maximum absolute atomic E-state index is 15.0. The molecule has 7 rings (SSSR count). The molecule has 2 fully saturated rings. The van der Waals surface area contributed by atoms with Gasteiger partial charge in [0.15, 0.2) is 17.1 Å². The number of nitrogens with zero attached hydrogens (tertiary/aromatic N) is 6. The first kappa shape index (κ1) is 27.0. The quantitative estimate of drug-likeness (QED) is 0.276. The molecule has 14 heteroatoms. The average Bonchev–Trinajstić information content (AvgIpc) is 3.76. The van der Waals surface area contributed by atoms with Crippen LogP contribution in [0.4, 0.5) is 10.3 Å². The van der Waals surface area contributed by atoms with Crippen molar-refractivity contribution in [3.05, 3.63) is 57.6 Å². The van der Waals surface area contributed by atoms with Crippen LogP contribution in [0.5, 0.6) is 5.75 Å². The molecule has 12 nitrogen and oxygen atoms in total. The molecule has 42 heavy (non-hydrogen) atoms. The molecule has 0 bridgehead atoms. The van der Waals surface area contributed by atoms with Crippen molar-refractivity contribution in [1.82, 2.24) is 34.4 Å². The number of halogens is 1. The second-order valence-corrected chi connectivity index (χ2v) is 11.6. The SMILES string of the molecule is Nc1nc2c(sc(=O)n2CCN2CCC(c3ccc(OCC4COCCN4)cc3F)CC2)c2nc(-c3ccco3)nn12. The van der Waals surface area contributed by atoms with E-state index < -0.39 is 0 Å². The van der Waals surface area contributed by atoms with Crippen LogP contribution in [0.15, 0.2) is 45.8 Å². The third-order valence-electron chi connectivity index (χ3n) is 7.95. The Morgan fingerprint density at radius 1 is 1.17 bits per heavy atom. The number of piperidine rings is 1. The van der Waals surface area contributed by atoms with Gasteiger partial charge < -0.3 is 29.8 Å². The summed E-state index contributed by atoms with van der Waals surface area (Å²) in [4.78, 5) is 24.2. The first-order chi connectivity index (χ1) is 20.5. The summed E-state index contributed by atoms with van der Waals surface area (Å²) in [6.45, 7) is 5.29. The normalized spacial score (nSPS) is 18.7. The highest BCUT2D eigenvalue weighted by molar-refractivity contribution is 7.17. The van der Waals surface area contributed by atoms with Crippen LogP contribution in [0.2, 0.25) is 0 Å². The summed E-state index contributed by atoms with van der Waals surface area (Å²) >= 11 is 1.08. The van der Waals surface area contributed by atoms with Gasteiger partial charge in [-0.25, -0.2) is 9.37 Å². The number of nitrogen functional groups attached to an aromatic ring is 1. The molecule has 0 radical (unpaired) electrons. The maximum atomic E-state index is 15.0. The van der Waals surface area contributed by atoms with Crippen molar-refractivity contribution >= 4 is 33.3 Å². The van der Waals surface area contributed by atoms with E-state index in [0.29, 0.717) is 66.2 Å². The Hall–Kier alpha value is -3.85. The molecule has 0 saturated carbocycles. The molecule has 1 atom stereocenters. The largest absolute Gasteiger partial charge is 0.492 e. The third kappa shape index (κ3) is 5.26. The topological polar surface area (TPSA) is 138 Å². The number of ether oxygens (including phenoxy) is 2. The number of nitrogens with one attached hydrogen (secondary N) is 1. The van der Waals surface area contributed by atoms with E-state index >= 15 is 4.39 Å². The zero-order valence-corrected chi connectivity index (χ0v) is 23.7. The molecule has 5 aromatic rings. The minimum atomic E-state index is -0.228. The average molecular weight is 595 g/mol. The molecular formula is C28H31FN8O4S. The van der Waals surface area contributed by atoms with Crippen molar-refractivity contribution in [3.8, 4) is 17.3 Å². The predicted octanol–water partition coefficient (Wildman–Crippen LogP) is 2.73. The fourth-order valence-electron chi connectivity index (χ4n) is 5.70. The number of rotatable bonds is 8. The molecule has 0 amide bonds. The summed E-state index contributed by atoms with van der Waals surface area (Å²) in [6, 6.07) is 8.83. The summed E-state index contributed by atoms with van der Waals surface area (Å²) < 4.78 is 35.4. The van der Waals surface area contributed by atoms with Crippen LogP contribution in [0.3, 0.4) is 0 Å². The van der Waals surface area contributed by atoms with Gasteiger partial charge in [-0.3, -0.25) is 9.36 Å². The van der Waals surface area contributed by atoms with Gasteiger partial charge in [-0.2, -0.15) is 9.50 Å². The van der Waals surface area contributed by atoms with Gasteiger partial charge in [-0.1, -0.05) is 17.4 Å². The van der Waals surface area contributed by atoms with Crippen LogP contribution < -0.4 is 20.7 Å². The van der Waals surface area contributed by atoms with Crippen molar-refractivity contribution in [3.63, 3.8) is 0 Å². The number of morpholine rings is 1. The van der Waals surface area contributed by atoms with E-state index in [0.717, 1.165) is 49.4 Å². The summed E-state index contributed by atoms with van der Waals surface area (Å²) in [5.41, 5.74) is 7.90. The Balaban J connectivity index is 0.986. The number of aromatic nitrogens is 5. The first-order valence-corrected chi connectivity index (χ1v) is 14.9. The highest BCUT2D eigenvalue weighted by atomic mass is 32.1. The fraction of sp³-hybridized carbons (Fsp3) is 0.429. The van der Waals surface area contributed by atoms with Gasteiger partial charge in [0.2, 0.25) is 11.8 Å². The van der Waals surface area contributed by atoms with E-state index in [2.05, 4.69) is 25.3 Å². The molecule has 0 aliphatic carbocycles. The van der Waals surface area contributed by atoms with Gasteiger partial charge in [0.05, 0.1) is 25.5 Å². The third-order valence-corrected chi connectivity index (χ3v) is 8.91. The Labute approximate surface area is 243 Å². The van der Waals surface area contributed by atoms with Gasteiger partial charge in [0, 0.05) is 25.7 Å². The van der Waals surface area contributed by atoms with Crippen LogP contribution in [-0.2, 0) is 11.3 Å². The summed E-state index contributed by atoms with van der Waals surface area (Å²) in [5, 5.41) is 7.74. The summed E-state index contributed by atoms with van der Waals surface area (Å²) in [5.74, 6) is 1.47. The van der Waals surface area contributed by atoms with E-state index in [1.165, 1.54) is 10.6 Å². The number of hydrogen-bond acceptors (Lipinski definition) is 11. The van der Waals surface area contributed by atoms with Gasteiger partial charge in [0.25, 0.3) is 0 Å². The number of nitrogens with two attached hydrogens (primary N) is 1. The highest BCUT2D eigenvalue weighted by Gasteiger charge is 2.25. The monoisotopic (exact) mass is 594 g/mol. The van der Waals surface area contributed by atoms with Crippen LogP contribution >= 0.6 is 11.3 Å². The molecule has 2 saturated heterocycles. The Kier molecular flexibility index (Phi) is 7.36. The number of fused-ring (bicyclic) bond motifs is 3. The molecule has 2 aliphatic heterocycles. The lowest BCUT2D eigenvalue weighted by Crippen LogP contribution is -2.44. The van der Waals surface area contributed by atoms with E-state index in [1.807, 2.05) is 12.1 Å². The van der Waals surface area contributed by atoms with Crippen LogP contribution in [0, 0.1) is 5.82 Å². The Bertz CT molecular complexity index is 1750. The molecule has 220 valence electrons. The lowest BCUT2D eigenvalue weighted by Gasteiger charge is -2.32. The highest BCUT2D eigenvalue weighted by Crippen LogP contribution is 2.32. The van der Waals surface area contributed by atoms with E-state index in [-0.39, 0.29) is 28.6 Å². The Morgan fingerprint density at radius 3 is 2.81 bits per heavy atom. The summed E-state index contributed by atoms with van der Waals surface area (Å²) in [7, 11) is 0. The molecule has 4 aromatic heterocycles.